The molecule has 88 valence electrons. The van der Waals surface area contributed by atoms with Crippen LogP contribution in [0.4, 0.5) is 5.82 Å². The first kappa shape index (κ1) is 11.3. The Labute approximate surface area is 95.8 Å². The average Bonchev–Trinajstić information content (AvgIpc) is 2.30. The van der Waals surface area contributed by atoms with Crippen molar-refractivity contribution in [2.75, 3.05) is 44.7 Å². The van der Waals surface area contributed by atoms with Crippen LogP contribution in [0, 0.1) is 6.92 Å². The van der Waals surface area contributed by atoms with Crippen molar-refractivity contribution < 1.29 is 4.74 Å². The van der Waals surface area contributed by atoms with Gasteiger partial charge in [-0.15, -0.1) is 5.10 Å². The van der Waals surface area contributed by atoms with E-state index in [-0.39, 0.29) is 0 Å². The largest absolute Gasteiger partial charge is 0.379 e. The van der Waals surface area contributed by atoms with Gasteiger partial charge in [0.15, 0.2) is 0 Å². The molecule has 0 spiro atoms. The lowest BCUT2D eigenvalue weighted by Gasteiger charge is -2.26. The minimum atomic E-state index is 0.851. The number of nitrogens with one attached hydrogen (secondary N) is 1. The van der Waals surface area contributed by atoms with Crippen molar-refractivity contribution in [3.63, 3.8) is 0 Å². The van der Waals surface area contributed by atoms with Gasteiger partial charge in [-0.3, -0.25) is 4.90 Å². The smallest absolute Gasteiger partial charge is 0.148 e. The third-order valence-electron chi connectivity index (χ3n) is 2.63. The number of morpholine rings is 1. The molecule has 1 fully saturated rings. The van der Waals surface area contributed by atoms with Crippen LogP contribution in [-0.4, -0.2) is 54.5 Å². The molecule has 0 atom stereocenters. The predicted molar refractivity (Wildman–Crippen MR) is 62.5 cm³/mol. The third kappa shape index (κ3) is 3.43. The van der Waals surface area contributed by atoms with Gasteiger partial charge in [0.1, 0.15) is 5.82 Å². The molecule has 0 amide bonds. The molecule has 16 heavy (non-hydrogen) atoms. The maximum Gasteiger partial charge on any atom is 0.148 e. The number of aryl methyl sites for hydroxylation is 1. The zero-order valence-electron chi connectivity index (χ0n) is 9.65. The van der Waals surface area contributed by atoms with Gasteiger partial charge in [0.05, 0.1) is 19.4 Å². The molecule has 1 saturated heterocycles. The Kier molecular flexibility index (Phi) is 4.07. The SMILES string of the molecule is Cc1cnnc(NCCN2CCOCC2)c1. The van der Waals surface area contributed by atoms with Gasteiger partial charge in [-0.25, -0.2) is 0 Å². The summed E-state index contributed by atoms with van der Waals surface area (Å²) in [4.78, 5) is 2.39. The minimum Gasteiger partial charge on any atom is -0.379 e. The molecule has 5 nitrogen and oxygen atoms in total. The number of rotatable bonds is 4. The van der Waals surface area contributed by atoms with E-state index in [0.29, 0.717) is 0 Å². The van der Waals surface area contributed by atoms with Crippen LogP contribution in [0.1, 0.15) is 5.56 Å². The Morgan fingerprint density at radius 2 is 2.25 bits per heavy atom. The average molecular weight is 222 g/mol. The van der Waals surface area contributed by atoms with Gasteiger partial charge in [-0.1, -0.05) is 0 Å². The van der Waals surface area contributed by atoms with Crippen molar-refractivity contribution >= 4 is 5.82 Å². The number of nitrogens with zero attached hydrogens (tertiary/aromatic N) is 3. The molecule has 0 radical (unpaired) electrons. The number of hydrogen-bond acceptors (Lipinski definition) is 5. The lowest BCUT2D eigenvalue weighted by Crippen LogP contribution is -2.39. The van der Waals surface area contributed by atoms with Crippen LogP contribution in [0.2, 0.25) is 0 Å². The van der Waals surface area contributed by atoms with Crippen LogP contribution in [0.15, 0.2) is 12.3 Å². The Balaban J connectivity index is 1.71. The lowest BCUT2D eigenvalue weighted by molar-refractivity contribution is 0.0398. The Hall–Kier alpha value is -1.20. The van der Waals surface area contributed by atoms with Crippen molar-refractivity contribution in [3.05, 3.63) is 17.8 Å². The summed E-state index contributed by atoms with van der Waals surface area (Å²) in [6.07, 6.45) is 1.76. The van der Waals surface area contributed by atoms with E-state index in [0.717, 1.165) is 50.8 Å². The van der Waals surface area contributed by atoms with Gasteiger partial charge in [0.25, 0.3) is 0 Å². The minimum absolute atomic E-state index is 0.851. The molecule has 1 aliphatic heterocycles. The molecule has 0 aliphatic carbocycles. The molecule has 0 aromatic carbocycles. The monoisotopic (exact) mass is 222 g/mol. The molecule has 1 N–H and O–H groups in total. The second kappa shape index (κ2) is 5.77. The van der Waals surface area contributed by atoms with Crippen LogP contribution in [0.25, 0.3) is 0 Å². The summed E-state index contributed by atoms with van der Waals surface area (Å²) < 4.78 is 5.30. The van der Waals surface area contributed by atoms with Crippen molar-refractivity contribution in [1.29, 1.82) is 0 Å². The van der Waals surface area contributed by atoms with Gasteiger partial charge in [-0.05, 0) is 18.6 Å². The summed E-state index contributed by atoms with van der Waals surface area (Å²) in [6.45, 7) is 7.70. The molecule has 0 saturated carbocycles. The number of anilines is 1. The second-order valence-electron chi connectivity index (χ2n) is 4.00. The van der Waals surface area contributed by atoms with Crippen LogP contribution >= 0.6 is 0 Å². The summed E-state index contributed by atoms with van der Waals surface area (Å²) in [6, 6.07) is 2.01. The van der Waals surface area contributed by atoms with Crippen molar-refractivity contribution in [2.45, 2.75) is 6.92 Å². The molecule has 1 aromatic heterocycles. The Morgan fingerprint density at radius 3 is 3.00 bits per heavy atom. The van der Waals surface area contributed by atoms with Gasteiger partial charge < -0.3 is 10.1 Å². The van der Waals surface area contributed by atoms with E-state index in [4.69, 9.17) is 4.74 Å². The first-order chi connectivity index (χ1) is 7.84. The summed E-state index contributed by atoms with van der Waals surface area (Å²) >= 11 is 0. The fourth-order valence-corrected chi connectivity index (χ4v) is 1.72. The molecular formula is C11H18N4O. The fraction of sp³-hybridized carbons (Fsp3) is 0.636. The number of ether oxygens (including phenoxy) is 1. The van der Waals surface area contributed by atoms with E-state index in [9.17, 15) is 0 Å². The highest BCUT2D eigenvalue weighted by atomic mass is 16.5. The molecule has 2 heterocycles. The third-order valence-corrected chi connectivity index (χ3v) is 2.63. The standard InChI is InChI=1S/C11H18N4O/c1-10-8-11(14-13-9-10)12-2-3-15-4-6-16-7-5-15/h8-9H,2-7H2,1H3,(H,12,14). The summed E-state index contributed by atoms with van der Waals surface area (Å²) in [5.41, 5.74) is 1.13. The number of hydrogen-bond donors (Lipinski definition) is 1. The molecular weight excluding hydrogens is 204 g/mol. The second-order valence-corrected chi connectivity index (χ2v) is 4.00. The van der Waals surface area contributed by atoms with Gasteiger partial charge in [0.2, 0.25) is 0 Å². The highest BCUT2D eigenvalue weighted by molar-refractivity contribution is 5.34. The highest BCUT2D eigenvalue weighted by Crippen LogP contribution is 2.03. The lowest BCUT2D eigenvalue weighted by atomic mass is 10.3. The topological polar surface area (TPSA) is 50.3 Å². The van der Waals surface area contributed by atoms with E-state index in [1.807, 2.05) is 13.0 Å². The number of aromatic nitrogens is 2. The zero-order valence-corrected chi connectivity index (χ0v) is 9.65. The van der Waals surface area contributed by atoms with Crippen molar-refractivity contribution in [2.24, 2.45) is 0 Å². The fourth-order valence-electron chi connectivity index (χ4n) is 1.72. The molecule has 1 aromatic rings. The van der Waals surface area contributed by atoms with Crippen LogP contribution in [-0.2, 0) is 4.74 Å². The summed E-state index contributed by atoms with van der Waals surface area (Å²) in [5.74, 6) is 0.855. The highest BCUT2D eigenvalue weighted by Gasteiger charge is 2.09. The first-order valence-electron chi connectivity index (χ1n) is 5.68. The zero-order chi connectivity index (χ0) is 11.2. The van der Waals surface area contributed by atoms with E-state index >= 15 is 0 Å². The molecule has 0 bridgehead atoms. The normalized spacial score (nSPS) is 17.3. The van der Waals surface area contributed by atoms with E-state index in [2.05, 4.69) is 20.4 Å². The molecule has 1 aliphatic rings. The van der Waals surface area contributed by atoms with E-state index < -0.39 is 0 Å². The van der Waals surface area contributed by atoms with E-state index in [1.54, 1.807) is 6.20 Å². The van der Waals surface area contributed by atoms with Crippen LogP contribution < -0.4 is 5.32 Å². The molecule has 2 rings (SSSR count). The Bertz CT molecular complexity index is 326. The maximum absolute atomic E-state index is 5.30. The van der Waals surface area contributed by atoms with Gasteiger partial charge >= 0.3 is 0 Å². The molecule has 0 unspecified atom stereocenters. The van der Waals surface area contributed by atoms with Crippen LogP contribution in [0.5, 0.6) is 0 Å². The Morgan fingerprint density at radius 1 is 1.44 bits per heavy atom. The summed E-state index contributed by atoms with van der Waals surface area (Å²) in [5, 5.41) is 11.2. The van der Waals surface area contributed by atoms with Gasteiger partial charge in [-0.2, -0.15) is 5.10 Å². The summed E-state index contributed by atoms with van der Waals surface area (Å²) in [7, 11) is 0. The first-order valence-corrected chi connectivity index (χ1v) is 5.68. The van der Waals surface area contributed by atoms with Crippen molar-refractivity contribution in [1.82, 2.24) is 15.1 Å². The van der Waals surface area contributed by atoms with Crippen LogP contribution in [0.3, 0.4) is 0 Å². The maximum atomic E-state index is 5.30. The van der Waals surface area contributed by atoms with Gasteiger partial charge in [0, 0.05) is 26.2 Å². The molecule has 5 heteroatoms. The predicted octanol–water partition coefficient (Wildman–Crippen LogP) is 0.529. The van der Waals surface area contributed by atoms with E-state index in [1.165, 1.54) is 0 Å². The van der Waals surface area contributed by atoms with Crippen molar-refractivity contribution in [3.8, 4) is 0 Å². The quantitative estimate of drug-likeness (QED) is 0.805.